The maximum atomic E-state index is 14.4. The quantitative estimate of drug-likeness (QED) is 0.112. The van der Waals surface area contributed by atoms with Gasteiger partial charge in [0.1, 0.15) is 73.6 Å². The van der Waals surface area contributed by atoms with Crippen molar-refractivity contribution >= 4 is 0 Å². The van der Waals surface area contributed by atoms with Crippen molar-refractivity contribution in [3.63, 3.8) is 0 Å². The summed E-state index contributed by atoms with van der Waals surface area (Å²) in [6.07, 6.45) is 16.9. The van der Waals surface area contributed by atoms with Crippen LogP contribution in [0.4, 0.5) is 22.0 Å². The maximum absolute atomic E-state index is 14.4. The van der Waals surface area contributed by atoms with Crippen LogP contribution in [0.5, 0.6) is 0 Å². The number of nitrogens with zero attached hydrogens (tertiary/aromatic N) is 8. The zero-order valence-corrected chi connectivity index (χ0v) is 52.0. The lowest BCUT2D eigenvalue weighted by Crippen LogP contribution is -2.31. The van der Waals surface area contributed by atoms with Gasteiger partial charge in [0.25, 0.3) is 0 Å². The molecule has 0 saturated heterocycles. The number of rotatable bonds is 8. The van der Waals surface area contributed by atoms with E-state index in [1.165, 1.54) is 68.9 Å². The smallest absolute Gasteiger partial charge is 0.406 e. The predicted molar refractivity (Wildman–Crippen MR) is 321 cm³/mol. The Kier molecular flexibility index (Phi) is 18.7. The van der Waals surface area contributed by atoms with E-state index in [1.54, 1.807) is 83.3 Å². The summed E-state index contributed by atoms with van der Waals surface area (Å²) < 4.78 is 106. The Hall–Kier alpha value is -10.0. The zero-order chi connectivity index (χ0) is 63.3. The van der Waals surface area contributed by atoms with Gasteiger partial charge in [-0.25, -0.2) is 27.0 Å². The minimum Gasteiger partial charge on any atom is -0.406 e. The molecule has 0 aliphatic heterocycles. The second-order valence-electron chi connectivity index (χ2n) is 21.8. The zero-order valence-electron chi connectivity index (χ0n) is 52.0. The van der Waals surface area contributed by atoms with Crippen LogP contribution in [0, 0.1) is 53.2 Å². The molecule has 0 spiro atoms. The number of alkyl halides is 3. The van der Waals surface area contributed by atoms with E-state index in [9.17, 15) is 22.0 Å². The molecule has 88 heavy (non-hydrogen) atoms. The number of benzene rings is 4. The van der Waals surface area contributed by atoms with Gasteiger partial charge in [0.2, 0.25) is 47.6 Å². The molecule has 17 heteroatoms. The second kappa shape index (κ2) is 26.3. The third kappa shape index (κ3) is 12.9. The van der Waals surface area contributed by atoms with Crippen molar-refractivity contribution in [2.24, 2.45) is 56.4 Å². The molecule has 4 aromatic carbocycles. The normalized spacial score (nSPS) is 11.1. The molecule has 8 aromatic heterocycles. The highest BCUT2D eigenvalue weighted by Gasteiger charge is 2.35. The van der Waals surface area contributed by atoms with Crippen LogP contribution in [0.1, 0.15) is 38.9 Å². The summed E-state index contributed by atoms with van der Waals surface area (Å²) in [5.41, 5.74) is 15.7. The van der Waals surface area contributed by atoms with Gasteiger partial charge in [0, 0.05) is 54.6 Å². The highest BCUT2D eigenvalue weighted by molar-refractivity contribution is 5.77. The molecule has 0 aliphatic carbocycles. The van der Waals surface area contributed by atoms with Gasteiger partial charge in [-0.2, -0.15) is 31.4 Å². The summed E-state index contributed by atoms with van der Waals surface area (Å²) in [5, 5.41) is 0. The molecule has 12 aromatic rings. The van der Waals surface area contributed by atoms with Crippen LogP contribution in [0.3, 0.4) is 0 Å². The Balaban J connectivity index is 0.000000140. The largest absolute Gasteiger partial charge is 0.416 e. The van der Waals surface area contributed by atoms with Gasteiger partial charge in [-0.1, -0.05) is 12.1 Å². The monoisotopic (exact) mass is 1200 g/mol. The Morgan fingerprint density at radius 1 is 0.307 bits per heavy atom. The standard InChI is InChI=1S/C19H22N2O.C18H17F3N2O.C17H16F2N2O.C17H18N2O/c1-13-12-14(2)18(19-21(5)10-11-22-19)15(3)17(13)16-8-6-7-9-20(16)4;1-12-14(16-6-4-5-7-22(16)2)10-13(18(19,20)21)11-15(12)17-23(3)8-9-24-17;1-11-15(14-6-4-5-7-20(14)2)12(18)10-13(19)16(11)17-21(3)8-9-22-17;1-13-14(16-9-4-5-10-18(16)2)7-6-8-15(13)17-19(3)11-12-20-17/h6-12H,1-5H3;4-11H,1-3H3;4-10H,1-3H3;4-12H,1-3H3/q4*+2. The molecule has 0 unspecified atom stereocenters. The first-order valence-corrected chi connectivity index (χ1v) is 28.4. The minimum atomic E-state index is -4.43. The van der Waals surface area contributed by atoms with E-state index < -0.39 is 23.4 Å². The Morgan fingerprint density at radius 2 is 0.670 bits per heavy atom. The van der Waals surface area contributed by atoms with Crippen LogP contribution >= 0.6 is 0 Å². The summed E-state index contributed by atoms with van der Waals surface area (Å²) in [4.78, 5) is 0. The molecule has 0 atom stereocenters. The summed E-state index contributed by atoms with van der Waals surface area (Å²) >= 11 is 0. The van der Waals surface area contributed by atoms with Crippen molar-refractivity contribution in [3.05, 3.63) is 240 Å². The molecular weight excluding hydrogens is 1120 g/mol. The molecule has 0 radical (unpaired) electrons. The summed E-state index contributed by atoms with van der Waals surface area (Å²) in [7, 11) is 15.3. The Bertz CT molecular complexity index is 4350. The van der Waals surface area contributed by atoms with Crippen LogP contribution < -0.4 is 36.5 Å². The molecule has 0 bridgehead atoms. The second-order valence-corrected chi connectivity index (χ2v) is 21.8. The molecule has 8 heterocycles. The SMILES string of the molecule is Cc1c(-c2cccc[n+]2C)c(F)cc(F)c1-c1occ[n+]1C.Cc1c(-c2cccc[n+]2C)cc(C(F)(F)F)cc1-c1occ[n+]1C.Cc1c(-c2cccc[n+]2C)cccc1-c1occ[n+]1C.Cc1cc(C)c(-c2occ[n+]2C)c(C)c1-c1cccc[n+]1C. The first-order chi connectivity index (χ1) is 42.0. The summed E-state index contributed by atoms with van der Waals surface area (Å²) in [6.45, 7) is 12.1. The number of oxazole rings is 4. The van der Waals surface area contributed by atoms with E-state index in [-0.39, 0.29) is 5.56 Å². The van der Waals surface area contributed by atoms with Crippen LogP contribution in [-0.4, -0.2) is 0 Å². The Morgan fingerprint density at radius 3 is 1.12 bits per heavy atom. The fourth-order valence-corrected chi connectivity index (χ4v) is 11.2. The lowest BCUT2D eigenvalue weighted by atomic mass is 9.91. The highest BCUT2D eigenvalue weighted by atomic mass is 19.4. The lowest BCUT2D eigenvalue weighted by Gasteiger charge is -2.13. The van der Waals surface area contributed by atoms with Gasteiger partial charge in [0.15, 0.2) is 49.8 Å². The molecule has 448 valence electrons. The summed E-state index contributed by atoms with van der Waals surface area (Å²) in [6, 6.07) is 35.3. The molecule has 0 N–H and O–H groups in total. The number of pyridine rings is 4. The molecule has 12 nitrogen and oxygen atoms in total. The van der Waals surface area contributed by atoms with E-state index in [0.717, 1.165) is 35.0 Å². The molecule has 0 amide bonds. The topological polar surface area (TPSA) is 83.6 Å². The first kappa shape index (κ1) is 62.5. The van der Waals surface area contributed by atoms with Crippen molar-refractivity contribution in [1.82, 2.24) is 0 Å². The lowest BCUT2D eigenvalue weighted by molar-refractivity contribution is -0.662. The van der Waals surface area contributed by atoms with Crippen LogP contribution in [0.25, 0.3) is 90.8 Å². The van der Waals surface area contributed by atoms with Gasteiger partial charge in [-0.3, -0.25) is 0 Å². The third-order valence-electron chi connectivity index (χ3n) is 15.8. The molecule has 12 rings (SSSR count). The fraction of sp³-hybridized carbons (Fsp3) is 0.211. The van der Waals surface area contributed by atoms with Gasteiger partial charge >= 0.3 is 29.7 Å². The number of halogens is 5. The molecule has 0 fully saturated rings. The Labute approximate surface area is 509 Å². The van der Waals surface area contributed by atoms with Gasteiger partial charge in [-0.15, -0.1) is 0 Å². The van der Waals surface area contributed by atoms with E-state index in [4.69, 9.17) is 17.7 Å². The number of aryl methyl sites for hydroxylation is 10. The third-order valence-corrected chi connectivity index (χ3v) is 15.8. The number of hydrogen-bond donors (Lipinski definition) is 0. The summed E-state index contributed by atoms with van der Waals surface area (Å²) in [5.74, 6) is 1.30. The van der Waals surface area contributed by atoms with Crippen LogP contribution in [-0.2, 0) is 62.6 Å². The fourth-order valence-electron chi connectivity index (χ4n) is 11.2. The number of hydrogen-bond acceptors (Lipinski definition) is 4. The average Bonchev–Trinajstić information content (AvgIpc) is 1.46. The average molecular weight is 1200 g/mol. The van der Waals surface area contributed by atoms with Crippen molar-refractivity contribution in [2.45, 2.75) is 47.7 Å². The minimum absolute atomic E-state index is 0.271. The van der Waals surface area contributed by atoms with E-state index >= 15 is 0 Å². The van der Waals surface area contributed by atoms with E-state index in [0.29, 0.717) is 45.4 Å². The first-order valence-electron chi connectivity index (χ1n) is 28.4. The molecule has 0 saturated carbocycles. The van der Waals surface area contributed by atoms with Crippen LogP contribution in [0.2, 0.25) is 0 Å². The van der Waals surface area contributed by atoms with E-state index in [2.05, 4.69) is 118 Å². The van der Waals surface area contributed by atoms with Gasteiger partial charge in [-0.05, 0) is 123 Å². The van der Waals surface area contributed by atoms with Gasteiger partial charge < -0.3 is 17.7 Å². The van der Waals surface area contributed by atoms with Crippen molar-refractivity contribution in [3.8, 4) is 90.8 Å². The van der Waals surface area contributed by atoms with Gasteiger partial charge in [0.05, 0.1) is 44.5 Å². The van der Waals surface area contributed by atoms with Crippen molar-refractivity contribution in [1.29, 1.82) is 0 Å². The van der Waals surface area contributed by atoms with Crippen molar-refractivity contribution in [2.75, 3.05) is 0 Å². The van der Waals surface area contributed by atoms with E-state index in [1.807, 2.05) is 92.4 Å². The maximum Gasteiger partial charge on any atom is 0.416 e. The molecule has 0 aliphatic rings. The van der Waals surface area contributed by atoms with Crippen molar-refractivity contribution < 1.29 is 76.2 Å². The van der Waals surface area contributed by atoms with Crippen LogP contribution in [0.15, 0.2) is 208 Å². The highest BCUT2D eigenvalue weighted by Crippen LogP contribution is 2.39. The molecular formula is C71H73F5N8O4+8. The predicted octanol–water partition coefficient (Wildman–Crippen LogP) is 12.2. The number of aromatic nitrogens is 8.